The summed E-state index contributed by atoms with van der Waals surface area (Å²) in [5.74, 6) is -0.0773. The molecule has 0 spiro atoms. The Morgan fingerprint density at radius 2 is 1.23 bits per heavy atom. The predicted octanol–water partition coefficient (Wildman–Crippen LogP) is 5.16. The molecule has 3 heteroatoms. The lowest BCUT2D eigenvalue weighted by Gasteiger charge is -2.32. The van der Waals surface area contributed by atoms with Crippen molar-refractivity contribution in [1.82, 2.24) is 0 Å². The van der Waals surface area contributed by atoms with Crippen LogP contribution in [-0.2, 0) is 9.47 Å². The normalized spacial score (nSPS) is 19.5. The van der Waals surface area contributed by atoms with E-state index in [1.165, 1.54) is 15.9 Å². The van der Waals surface area contributed by atoms with Crippen LogP contribution in [0.15, 0.2) is 91.0 Å². The highest BCUT2D eigenvalue weighted by atomic mass is 31.2. The smallest absolute Gasteiger partial charge is 0.163 e. The minimum atomic E-state index is -1.86. The summed E-state index contributed by atoms with van der Waals surface area (Å²) in [6, 6.07) is 33.3. The Labute approximate surface area is 181 Å². The first kappa shape index (κ1) is 21.2. The highest BCUT2D eigenvalue weighted by molar-refractivity contribution is 7.95. The summed E-state index contributed by atoms with van der Waals surface area (Å²) in [4.78, 5) is 0. The van der Waals surface area contributed by atoms with Gasteiger partial charge < -0.3 is 9.47 Å². The van der Waals surface area contributed by atoms with Crippen molar-refractivity contribution in [3.05, 3.63) is 91.0 Å². The van der Waals surface area contributed by atoms with Gasteiger partial charge in [0.25, 0.3) is 0 Å². The minimum Gasteiger partial charge on any atom is -0.348 e. The first-order valence-corrected chi connectivity index (χ1v) is 12.9. The van der Waals surface area contributed by atoms with Crippen molar-refractivity contribution in [2.75, 3.05) is 12.8 Å². The molecule has 1 aliphatic heterocycles. The van der Waals surface area contributed by atoms with Crippen LogP contribution in [0.2, 0.25) is 0 Å². The molecule has 0 saturated carbocycles. The van der Waals surface area contributed by atoms with E-state index in [0.29, 0.717) is 12.5 Å². The van der Waals surface area contributed by atoms with Gasteiger partial charge in [-0.05, 0) is 56.7 Å². The van der Waals surface area contributed by atoms with E-state index < -0.39 is 13.0 Å². The Bertz CT molecular complexity index is 828. The molecule has 0 amide bonds. The van der Waals surface area contributed by atoms with E-state index in [1.54, 1.807) is 0 Å². The third-order valence-electron chi connectivity index (χ3n) is 6.18. The molecule has 0 bridgehead atoms. The zero-order chi connectivity index (χ0) is 21.0. The molecule has 3 aromatic rings. The van der Waals surface area contributed by atoms with Gasteiger partial charge in [-0.2, -0.15) is 0 Å². The van der Waals surface area contributed by atoms with Gasteiger partial charge in [-0.15, -0.1) is 0 Å². The molecule has 2 atom stereocenters. The molecule has 1 fully saturated rings. The van der Waals surface area contributed by atoms with Crippen LogP contribution in [0.25, 0.3) is 0 Å². The lowest BCUT2D eigenvalue weighted by atomic mass is 10.0. The lowest BCUT2D eigenvalue weighted by Crippen LogP contribution is -2.39. The lowest BCUT2D eigenvalue weighted by molar-refractivity contribution is -0.143. The largest absolute Gasteiger partial charge is 0.348 e. The molecule has 3 aromatic carbocycles. The van der Waals surface area contributed by atoms with Gasteiger partial charge in [-0.3, -0.25) is 0 Å². The number of benzene rings is 3. The predicted molar refractivity (Wildman–Crippen MR) is 129 cm³/mol. The van der Waals surface area contributed by atoms with E-state index in [2.05, 4.69) is 97.9 Å². The Balaban J connectivity index is 1.86. The van der Waals surface area contributed by atoms with Crippen molar-refractivity contribution in [2.24, 2.45) is 5.92 Å². The number of rotatable bonds is 7. The fourth-order valence-electron chi connectivity index (χ4n) is 4.62. The topological polar surface area (TPSA) is 18.5 Å². The van der Waals surface area contributed by atoms with Gasteiger partial charge in [0.15, 0.2) is 5.79 Å². The van der Waals surface area contributed by atoms with Crippen molar-refractivity contribution in [2.45, 2.75) is 39.1 Å². The van der Waals surface area contributed by atoms with Gasteiger partial charge in [0.1, 0.15) is 23.2 Å². The Morgan fingerprint density at radius 3 is 1.57 bits per heavy atom. The average Bonchev–Trinajstić information content (AvgIpc) is 3.16. The van der Waals surface area contributed by atoms with Crippen LogP contribution in [0.5, 0.6) is 0 Å². The summed E-state index contributed by atoms with van der Waals surface area (Å²) >= 11 is 0. The van der Waals surface area contributed by atoms with Crippen LogP contribution in [0.3, 0.4) is 0 Å². The summed E-state index contributed by atoms with van der Waals surface area (Å²) in [5, 5.41) is 4.29. The molecule has 0 aromatic heterocycles. The molecule has 4 rings (SSSR count). The third kappa shape index (κ3) is 4.23. The highest BCUT2D eigenvalue weighted by Crippen LogP contribution is 2.57. The minimum absolute atomic E-state index is 0.125. The van der Waals surface area contributed by atoms with Crippen LogP contribution in [-0.4, -0.2) is 24.7 Å². The van der Waals surface area contributed by atoms with Crippen LogP contribution in [0.4, 0.5) is 0 Å². The first-order valence-electron chi connectivity index (χ1n) is 10.9. The molecule has 0 unspecified atom stereocenters. The van der Waals surface area contributed by atoms with Gasteiger partial charge in [0, 0.05) is 5.92 Å². The standard InChI is InChI=1S/C27H32O2P/c1-4-22(26-20-28-27(2,3)29-26)21-30(23-14-8-5-9-15-23,24-16-10-6-11-17-24)25-18-12-7-13-19-25/h5-19,22,26H,4,20-21H2,1-3H3/q+1/t22-,26+/m1/s1. The third-order valence-corrected chi connectivity index (χ3v) is 10.7. The maximum absolute atomic E-state index is 6.35. The van der Waals surface area contributed by atoms with Crippen molar-refractivity contribution >= 4 is 23.2 Å². The quantitative estimate of drug-likeness (QED) is 0.493. The fourth-order valence-corrected chi connectivity index (χ4v) is 9.39. The Hall–Kier alpha value is -1.99. The van der Waals surface area contributed by atoms with E-state index in [4.69, 9.17) is 9.47 Å². The van der Waals surface area contributed by atoms with E-state index in [-0.39, 0.29) is 6.10 Å². The zero-order valence-electron chi connectivity index (χ0n) is 18.2. The van der Waals surface area contributed by atoms with E-state index in [0.717, 1.165) is 12.6 Å². The van der Waals surface area contributed by atoms with Crippen LogP contribution in [0, 0.1) is 5.92 Å². The number of hydrogen-bond acceptors (Lipinski definition) is 2. The second-order valence-corrected chi connectivity index (χ2v) is 12.1. The van der Waals surface area contributed by atoms with Gasteiger partial charge in [-0.1, -0.05) is 61.5 Å². The molecule has 0 N–H and O–H groups in total. The molecule has 1 heterocycles. The summed E-state index contributed by atoms with van der Waals surface area (Å²) in [6.07, 6.45) is 2.27. The average molecular weight is 420 g/mol. The zero-order valence-corrected chi connectivity index (χ0v) is 19.1. The summed E-state index contributed by atoms with van der Waals surface area (Å²) in [5.41, 5.74) is 0. The van der Waals surface area contributed by atoms with Gasteiger partial charge in [0.2, 0.25) is 0 Å². The van der Waals surface area contributed by atoms with Crippen LogP contribution < -0.4 is 15.9 Å². The first-order chi connectivity index (χ1) is 14.5. The summed E-state index contributed by atoms with van der Waals surface area (Å²) in [6.45, 7) is 7.00. The van der Waals surface area contributed by atoms with Gasteiger partial charge in [0.05, 0.1) is 18.9 Å². The monoisotopic (exact) mass is 419 g/mol. The highest BCUT2D eigenvalue weighted by Gasteiger charge is 2.49. The fraction of sp³-hybridized carbons (Fsp3) is 0.333. The molecular weight excluding hydrogens is 387 g/mol. The molecule has 0 aliphatic carbocycles. The van der Waals surface area contributed by atoms with Crippen molar-refractivity contribution in [3.8, 4) is 0 Å². The molecule has 156 valence electrons. The van der Waals surface area contributed by atoms with E-state index in [1.807, 2.05) is 13.8 Å². The molecule has 30 heavy (non-hydrogen) atoms. The maximum Gasteiger partial charge on any atom is 0.163 e. The molecule has 0 radical (unpaired) electrons. The Morgan fingerprint density at radius 1 is 0.800 bits per heavy atom. The summed E-state index contributed by atoms with van der Waals surface area (Å²) < 4.78 is 12.3. The molecule has 2 nitrogen and oxygen atoms in total. The number of hydrogen-bond donors (Lipinski definition) is 0. The van der Waals surface area contributed by atoms with Gasteiger partial charge >= 0.3 is 0 Å². The van der Waals surface area contributed by atoms with Gasteiger partial charge in [-0.25, -0.2) is 0 Å². The van der Waals surface area contributed by atoms with Crippen molar-refractivity contribution in [3.63, 3.8) is 0 Å². The SMILES string of the molecule is CC[C@H](C[P+](c1ccccc1)(c1ccccc1)c1ccccc1)[C@@H]1COC(C)(C)O1. The van der Waals surface area contributed by atoms with Crippen molar-refractivity contribution < 1.29 is 9.47 Å². The van der Waals surface area contributed by atoms with E-state index in [9.17, 15) is 0 Å². The second-order valence-electron chi connectivity index (χ2n) is 8.53. The Kier molecular flexibility index (Phi) is 6.39. The van der Waals surface area contributed by atoms with Crippen LogP contribution >= 0.6 is 7.26 Å². The molecule has 1 saturated heterocycles. The second kappa shape index (κ2) is 9.02. The number of ether oxygens (including phenoxy) is 2. The summed E-state index contributed by atoms with van der Waals surface area (Å²) in [7, 11) is -1.86. The van der Waals surface area contributed by atoms with Crippen LogP contribution in [0.1, 0.15) is 27.2 Å². The van der Waals surface area contributed by atoms with E-state index >= 15 is 0 Å². The molecule has 1 aliphatic rings. The maximum atomic E-state index is 6.35. The molecular formula is C27H32O2P+. The van der Waals surface area contributed by atoms with Crippen molar-refractivity contribution in [1.29, 1.82) is 0 Å².